The molecule has 0 aromatic heterocycles. The van der Waals surface area contributed by atoms with E-state index in [1.165, 1.54) is 37.6 Å². The van der Waals surface area contributed by atoms with E-state index >= 15 is 0 Å². The zero-order chi connectivity index (χ0) is 14.3. The minimum absolute atomic E-state index is 0.366. The molecule has 0 aromatic rings. The van der Waals surface area contributed by atoms with Crippen LogP contribution >= 0.6 is 8.25 Å². The smallest absolute Gasteiger partial charge is 0.289 e. The fourth-order valence-corrected chi connectivity index (χ4v) is 2.13. The van der Waals surface area contributed by atoms with Crippen LogP contribution in [0.2, 0.25) is 0 Å². The summed E-state index contributed by atoms with van der Waals surface area (Å²) in [5.41, 5.74) is 1.38. The summed E-state index contributed by atoms with van der Waals surface area (Å²) in [6.07, 6.45) is 9.44. The van der Waals surface area contributed by atoms with E-state index in [2.05, 4.69) is 11.4 Å². The molecular formula is C12H25NO5P+. The lowest BCUT2D eigenvalue weighted by Gasteiger charge is -1.99. The monoisotopic (exact) mass is 294 g/mol. The predicted octanol–water partition coefficient (Wildman–Crippen LogP) is 3.32. The van der Waals surface area contributed by atoms with Crippen LogP contribution in [-0.4, -0.2) is 24.3 Å². The molecule has 2 N–H and O–H groups in total. The van der Waals surface area contributed by atoms with Crippen molar-refractivity contribution in [1.29, 1.82) is 0 Å². The molecule has 6 nitrogen and oxygen atoms in total. The van der Waals surface area contributed by atoms with E-state index in [0.717, 1.165) is 19.3 Å². The third kappa shape index (κ3) is 13.7. The lowest BCUT2D eigenvalue weighted by molar-refractivity contribution is -0.131. The van der Waals surface area contributed by atoms with Crippen molar-refractivity contribution in [3.05, 3.63) is 0 Å². The van der Waals surface area contributed by atoms with Crippen LogP contribution in [0.15, 0.2) is 0 Å². The Balaban J connectivity index is 3.21. The molecule has 1 amide bonds. The van der Waals surface area contributed by atoms with Gasteiger partial charge in [0, 0.05) is 4.57 Å². The Morgan fingerprint density at radius 2 is 1.63 bits per heavy atom. The number of carbonyl (C=O) groups is 1. The number of carbonyl (C=O) groups excluding carboxylic acids is 1. The van der Waals surface area contributed by atoms with E-state index in [9.17, 15) is 9.36 Å². The van der Waals surface area contributed by atoms with Crippen LogP contribution in [0.5, 0.6) is 0 Å². The Morgan fingerprint density at radius 1 is 1.05 bits per heavy atom. The summed E-state index contributed by atoms with van der Waals surface area (Å²) in [7, 11) is -2.27. The number of hydroxylamine groups is 1. The maximum absolute atomic E-state index is 11.1. The summed E-state index contributed by atoms with van der Waals surface area (Å²) in [5.74, 6) is -0.751. The highest BCUT2D eigenvalue weighted by molar-refractivity contribution is 7.33. The second-order valence-corrected chi connectivity index (χ2v) is 5.30. The minimum atomic E-state index is -2.27. The van der Waals surface area contributed by atoms with E-state index in [-0.39, 0.29) is 0 Å². The topological polar surface area (TPSA) is 84.9 Å². The molecule has 0 heterocycles. The van der Waals surface area contributed by atoms with Gasteiger partial charge in [0.2, 0.25) is 0 Å². The van der Waals surface area contributed by atoms with Gasteiger partial charge in [0.05, 0.1) is 0 Å². The normalized spacial score (nSPS) is 11.4. The molecule has 0 saturated heterocycles. The van der Waals surface area contributed by atoms with E-state index in [0.29, 0.717) is 6.61 Å². The summed E-state index contributed by atoms with van der Waals surface area (Å²) >= 11 is 0. The highest BCUT2D eigenvalue weighted by Crippen LogP contribution is 2.23. The SMILES string of the molecule is CCCCCCCCCCO[P+](=O)OCC(=O)NO. The molecule has 0 fully saturated rings. The quantitative estimate of drug-likeness (QED) is 0.235. The molecular weight excluding hydrogens is 269 g/mol. The molecule has 112 valence electrons. The van der Waals surface area contributed by atoms with E-state index in [1.54, 1.807) is 0 Å². The lowest BCUT2D eigenvalue weighted by Crippen LogP contribution is -2.22. The van der Waals surface area contributed by atoms with Crippen LogP contribution in [0.1, 0.15) is 58.3 Å². The van der Waals surface area contributed by atoms with Gasteiger partial charge < -0.3 is 0 Å². The summed E-state index contributed by atoms with van der Waals surface area (Å²) in [6.45, 7) is 2.10. The number of rotatable bonds is 13. The van der Waals surface area contributed by atoms with Gasteiger partial charge in [0.15, 0.2) is 6.61 Å². The Bertz CT molecular complexity index is 250. The van der Waals surface area contributed by atoms with Crippen LogP contribution in [0.3, 0.4) is 0 Å². The lowest BCUT2D eigenvalue weighted by atomic mass is 10.1. The second-order valence-electron chi connectivity index (χ2n) is 4.34. The first-order chi connectivity index (χ1) is 9.20. The van der Waals surface area contributed by atoms with Crippen molar-refractivity contribution in [2.45, 2.75) is 58.3 Å². The number of unbranched alkanes of at least 4 members (excludes halogenated alkanes) is 7. The molecule has 1 atom stereocenters. The van der Waals surface area contributed by atoms with Gasteiger partial charge in [-0.05, 0) is 6.42 Å². The molecule has 0 spiro atoms. The van der Waals surface area contributed by atoms with Crippen molar-refractivity contribution in [3.63, 3.8) is 0 Å². The van der Waals surface area contributed by atoms with Crippen molar-refractivity contribution in [3.8, 4) is 0 Å². The molecule has 0 rings (SSSR count). The zero-order valence-electron chi connectivity index (χ0n) is 11.6. The van der Waals surface area contributed by atoms with Gasteiger partial charge in [-0.1, -0.05) is 51.9 Å². The molecule has 0 aliphatic heterocycles. The largest absolute Gasteiger partial charge is 0.697 e. The van der Waals surface area contributed by atoms with Gasteiger partial charge in [0.25, 0.3) is 5.91 Å². The molecule has 0 bridgehead atoms. The maximum atomic E-state index is 11.1. The second kappa shape index (κ2) is 13.9. The zero-order valence-corrected chi connectivity index (χ0v) is 12.5. The fraction of sp³-hybridized carbons (Fsp3) is 0.917. The van der Waals surface area contributed by atoms with E-state index in [1.807, 2.05) is 0 Å². The van der Waals surface area contributed by atoms with Crippen LogP contribution < -0.4 is 5.48 Å². The number of nitrogens with one attached hydrogen (secondary N) is 1. The van der Waals surface area contributed by atoms with Crippen molar-refractivity contribution in [2.75, 3.05) is 13.2 Å². The summed E-state index contributed by atoms with van der Waals surface area (Å²) in [6, 6.07) is 0. The highest BCUT2D eigenvalue weighted by atomic mass is 31.1. The van der Waals surface area contributed by atoms with Gasteiger partial charge in [-0.25, -0.2) is 5.48 Å². The molecule has 7 heteroatoms. The van der Waals surface area contributed by atoms with Gasteiger partial charge in [-0.3, -0.25) is 10.0 Å². The fourth-order valence-electron chi connectivity index (χ4n) is 1.56. The van der Waals surface area contributed by atoms with Crippen molar-refractivity contribution >= 4 is 14.2 Å². The minimum Gasteiger partial charge on any atom is -0.289 e. The Hall–Kier alpha value is -0.550. The average Bonchev–Trinajstić information content (AvgIpc) is 2.42. The van der Waals surface area contributed by atoms with Gasteiger partial charge in [-0.2, -0.15) is 0 Å². The molecule has 1 unspecified atom stereocenters. The Kier molecular flexibility index (Phi) is 13.5. The average molecular weight is 294 g/mol. The third-order valence-electron chi connectivity index (χ3n) is 2.62. The molecule has 0 saturated carbocycles. The third-order valence-corrected chi connectivity index (χ3v) is 3.35. The van der Waals surface area contributed by atoms with Crippen LogP contribution in [-0.2, 0) is 18.4 Å². The molecule has 0 aliphatic carbocycles. The standard InChI is InChI=1S/C12H24NO5P/c1-2-3-4-5-6-7-8-9-10-17-19(16)18-11-12(14)13-15/h2-11H2,1H3,(H-,13,14,15)/p+1. The van der Waals surface area contributed by atoms with Gasteiger partial charge in [-0.15, -0.1) is 9.05 Å². The van der Waals surface area contributed by atoms with Gasteiger partial charge >= 0.3 is 8.25 Å². The van der Waals surface area contributed by atoms with Crippen LogP contribution in [0, 0.1) is 0 Å². The molecule has 0 aliphatic rings. The Labute approximate surface area is 115 Å². The van der Waals surface area contributed by atoms with Crippen molar-refractivity contribution in [2.24, 2.45) is 0 Å². The summed E-state index contributed by atoms with van der Waals surface area (Å²) in [4.78, 5) is 10.6. The number of amides is 1. The number of hydrogen-bond donors (Lipinski definition) is 2. The summed E-state index contributed by atoms with van der Waals surface area (Å²) in [5, 5.41) is 8.18. The van der Waals surface area contributed by atoms with Crippen molar-refractivity contribution in [1.82, 2.24) is 5.48 Å². The van der Waals surface area contributed by atoms with Crippen LogP contribution in [0.25, 0.3) is 0 Å². The Morgan fingerprint density at radius 3 is 2.21 bits per heavy atom. The summed E-state index contributed by atoms with van der Waals surface area (Å²) < 4.78 is 20.6. The predicted molar refractivity (Wildman–Crippen MR) is 72.0 cm³/mol. The molecule has 19 heavy (non-hydrogen) atoms. The highest BCUT2D eigenvalue weighted by Gasteiger charge is 2.21. The first-order valence-corrected chi connectivity index (χ1v) is 7.96. The first-order valence-electron chi connectivity index (χ1n) is 6.86. The van der Waals surface area contributed by atoms with Crippen LogP contribution in [0.4, 0.5) is 0 Å². The van der Waals surface area contributed by atoms with E-state index in [4.69, 9.17) is 9.73 Å². The maximum Gasteiger partial charge on any atom is 0.697 e. The van der Waals surface area contributed by atoms with Crippen molar-refractivity contribution < 1.29 is 23.6 Å². The molecule has 0 radical (unpaired) electrons. The van der Waals surface area contributed by atoms with Gasteiger partial charge in [0.1, 0.15) is 6.61 Å². The number of hydrogen-bond acceptors (Lipinski definition) is 5. The van der Waals surface area contributed by atoms with E-state index < -0.39 is 20.8 Å². The molecule has 0 aromatic carbocycles. The first kappa shape index (κ1) is 18.4.